The average Bonchev–Trinajstić information content (AvgIpc) is 2.16. The molecule has 16 heavy (non-hydrogen) atoms. The van der Waals surface area contributed by atoms with E-state index in [2.05, 4.69) is 4.74 Å². The molecule has 1 aromatic carbocycles. The van der Waals surface area contributed by atoms with E-state index in [0.29, 0.717) is 5.56 Å². The number of hydrogen-bond acceptors (Lipinski definition) is 2. The van der Waals surface area contributed by atoms with E-state index in [1.807, 2.05) is 0 Å². The van der Waals surface area contributed by atoms with Crippen LogP contribution in [0.3, 0.4) is 0 Å². The Kier molecular flexibility index (Phi) is 3.89. The Hall–Kier alpha value is -1.56. The maximum absolute atomic E-state index is 11.6. The zero-order valence-corrected chi connectivity index (χ0v) is 8.12. The first-order chi connectivity index (χ1) is 7.38. The molecule has 0 saturated carbocycles. The van der Waals surface area contributed by atoms with Crippen LogP contribution < -0.4 is 0 Å². The SMILES string of the molecule is O=C(O)c1cccc(CCOC(F)(F)F)c1. The Bertz CT molecular complexity index is 374. The number of halogens is 3. The van der Waals surface area contributed by atoms with E-state index in [1.165, 1.54) is 18.2 Å². The van der Waals surface area contributed by atoms with E-state index in [-0.39, 0.29) is 12.0 Å². The molecule has 0 radical (unpaired) electrons. The highest BCUT2D eigenvalue weighted by Crippen LogP contribution is 2.16. The number of carboxylic acids is 1. The summed E-state index contributed by atoms with van der Waals surface area (Å²) < 4.78 is 38.5. The Morgan fingerprint density at radius 1 is 1.38 bits per heavy atom. The highest BCUT2D eigenvalue weighted by atomic mass is 19.4. The van der Waals surface area contributed by atoms with E-state index in [4.69, 9.17) is 5.11 Å². The van der Waals surface area contributed by atoms with Crippen LogP contribution in [-0.2, 0) is 11.2 Å². The van der Waals surface area contributed by atoms with Crippen molar-refractivity contribution in [3.05, 3.63) is 35.4 Å². The molecule has 1 N–H and O–H groups in total. The summed E-state index contributed by atoms with van der Waals surface area (Å²) in [5.74, 6) is -1.11. The van der Waals surface area contributed by atoms with Gasteiger partial charge >= 0.3 is 12.3 Å². The van der Waals surface area contributed by atoms with E-state index in [0.717, 1.165) is 0 Å². The maximum Gasteiger partial charge on any atom is 0.522 e. The summed E-state index contributed by atoms with van der Waals surface area (Å²) in [7, 11) is 0. The van der Waals surface area contributed by atoms with Crippen LogP contribution in [0, 0.1) is 0 Å². The van der Waals surface area contributed by atoms with Gasteiger partial charge in [-0.15, -0.1) is 13.2 Å². The van der Waals surface area contributed by atoms with Gasteiger partial charge in [0.1, 0.15) is 0 Å². The third kappa shape index (κ3) is 4.31. The van der Waals surface area contributed by atoms with Crippen LogP contribution in [-0.4, -0.2) is 24.0 Å². The number of alkyl halides is 3. The van der Waals surface area contributed by atoms with Crippen LogP contribution in [0.15, 0.2) is 24.3 Å². The van der Waals surface area contributed by atoms with Crippen molar-refractivity contribution in [3.63, 3.8) is 0 Å². The van der Waals surface area contributed by atoms with Crippen LogP contribution in [0.1, 0.15) is 15.9 Å². The molecule has 0 atom stereocenters. The van der Waals surface area contributed by atoms with Crippen LogP contribution in [0.5, 0.6) is 0 Å². The van der Waals surface area contributed by atoms with Gasteiger partial charge in [0, 0.05) is 0 Å². The molecule has 1 aromatic rings. The van der Waals surface area contributed by atoms with Crippen molar-refractivity contribution >= 4 is 5.97 Å². The van der Waals surface area contributed by atoms with Gasteiger partial charge in [-0.25, -0.2) is 4.79 Å². The lowest BCUT2D eigenvalue weighted by Gasteiger charge is -2.07. The second-order valence-corrected chi connectivity index (χ2v) is 3.05. The van der Waals surface area contributed by atoms with Gasteiger partial charge < -0.3 is 5.11 Å². The zero-order valence-electron chi connectivity index (χ0n) is 8.12. The predicted octanol–water partition coefficient (Wildman–Crippen LogP) is 2.46. The summed E-state index contributed by atoms with van der Waals surface area (Å²) in [4.78, 5) is 10.6. The van der Waals surface area contributed by atoms with Crippen molar-refractivity contribution < 1.29 is 27.8 Å². The molecule has 0 spiro atoms. The van der Waals surface area contributed by atoms with E-state index >= 15 is 0 Å². The molecule has 0 amide bonds. The van der Waals surface area contributed by atoms with Crippen molar-refractivity contribution in [2.24, 2.45) is 0 Å². The van der Waals surface area contributed by atoms with Crippen LogP contribution in [0.25, 0.3) is 0 Å². The Balaban J connectivity index is 2.55. The number of benzene rings is 1. The molecular formula is C10H9F3O3. The standard InChI is InChI=1S/C10H9F3O3/c11-10(12,13)16-5-4-7-2-1-3-8(6-7)9(14)15/h1-3,6H,4-5H2,(H,14,15). The van der Waals surface area contributed by atoms with Crippen molar-refractivity contribution in [2.45, 2.75) is 12.8 Å². The fourth-order valence-electron chi connectivity index (χ4n) is 1.14. The normalized spacial score (nSPS) is 11.4. The van der Waals surface area contributed by atoms with Gasteiger partial charge in [0.05, 0.1) is 12.2 Å². The maximum atomic E-state index is 11.6. The fraction of sp³-hybridized carbons (Fsp3) is 0.300. The van der Waals surface area contributed by atoms with Crippen molar-refractivity contribution in [3.8, 4) is 0 Å². The van der Waals surface area contributed by atoms with Gasteiger partial charge in [-0.2, -0.15) is 0 Å². The average molecular weight is 234 g/mol. The monoisotopic (exact) mass is 234 g/mol. The molecule has 6 heteroatoms. The Labute approximate surface area is 89.5 Å². The summed E-state index contributed by atoms with van der Waals surface area (Å²) in [6, 6.07) is 5.72. The first-order valence-corrected chi connectivity index (χ1v) is 4.41. The number of ether oxygens (including phenoxy) is 1. The number of carboxylic acid groups (broad SMARTS) is 1. The molecular weight excluding hydrogens is 225 g/mol. The largest absolute Gasteiger partial charge is 0.522 e. The third-order valence-corrected chi connectivity index (χ3v) is 1.83. The third-order valence-electron chi connectivity index (χ3n) is 1.83. The zero-order chi connectivity index (χ0) is 12.2. The minimum Gasteiger partial charge on any atom is -0.478 e. The molecule has 0 aliphatic carbocycles. The van der Waals surface area contributed by atoms with Crippen molar-refractivity contribution in [1.82, 2.24) is 0 Å². The smallest absolute Gasteiger partial charge is 0.478 e. The molecule has 0 aromatic heterocycles. The molecule has 0 bridgehead atoms. The number of aromatic carboxylic acids is 1. The van der Waals surface area contributed by atoms with Gasteiger partial charge in [-0.1, -0.05) is 12.1 Å². The minimum absolute atomic E-state index is 0.0145. The topological polar surface area (TPSA) is 46.5 Å². The highest BCUT2D eigenvalue weighted by molar-refractivity contribution is 5.87. The van der Waals surface area contributed by atoms with Crippen LogP contribution in [0.2, 0.25) is 0 Å². The quantitative estimate of drug-likeness (QED) is 0.870. The lowest BCUT2D eigenvalue weighted by atomic mass is 10.1. The summed E-state index contributed by atoms with van der Waals surface area (Å²) in [6.07, 6.45) is -4.63. The van der Waals surface area contributed by atoms with Gasteiger partial charge in [0.25, 0.3) is 0 Å². The summed E-state index contributed by atoms with van der Waals surface area (Å²) >= 11 is 0. The molecule has 0 fully saturated rings. The molecule has 0 saturated heterocycles. The second-order valence-electron chi connectivity index (χ2n) is 3.05. The molecule has 88 valence electrons. The van der Waals surface area contributed by atoms with Crippen molar-refractivity contribution in [1.29, 1.82) is 0 Å². The first kappa shape index (κ1) is 12.5. The summed E-state index contributed by atoms with van der Waals surface area (Å²) in [5.41, 5.74) is 0.536. The fourth-order valence-corrected chi connectivity index (χ4v) is 1.14. The first-order valence-electron chi connectivity index (χ1n) is 4.41. The Morgan fingerprint density at radius 2 is 2.06 bits per heavy atom. The highest BCUT2D eigenvalue weighted by Gasteiger charge is 2.28. The van der Waals surface area contributed by atoms with Gasteiger partial charge in [-0.3, -0.25) is 4.74 Å². The molecule has 0 aliphatic rings. The van der Waals surface area contributed by atoms with Crippen LogP contribution >= 0.6 is 0 Å². The van der Waals surface area contributed by atoms with Crippen molar-refractivity contribution in [2.75, 3.05) is 6.61 Å². The lowest BCUT2D eigenvalue weighted by molar-refractivity contribution is -0.324. The predicted molar refractivity (Wildman–Crippen MR) is 49.1 cm³/mol. The number of hydrogen-bond donors (Lipinski definition) is 1. The van der Waals surface area contributed by atoms with Gasteiger partial charge in [0.2, 0.25) is 0 Å². The summed E-state index contributed by atoms with van der Waals surface area (Å²) in [5, 5.41) is 8.65. The lowest BCUT2D eigenvalue weighted by Crippen LogP contribution is -2.15. The number of rotatable bonds is 4. The molecule has 0 unspecified atom stereocenters. The van der Waals surface area contributed by atoms with Gasteiger partial charge in [-0.05, 0) is 24.1 Å². The van der Waals surface area contributed by atoms with E-state index in [9.17, 15) is 18.0 Å². The number of carbonyl (C=O) groups is 1. The molecule has 0 heterocycles. The summed E-state index contributed by atoms with van der Waals surface area (Å²) in [6.45, 7) is -0.521. The molecule has 3 nitrogen and oxygen atoms in total. The van der Waals surface area contributed by atoms with Crippen LogP contribution in [0.4, 0.5) is 13.2 Å². The van der Waals surface area contributed by atoms with Gasteiger partial charge in [0.15, 0.2) is 0 Å². The minimum atomic E-state index is -4.65. The molecule has 1 rings (SSSR count). The van der Waals surface area contributed by atoms with E-state index < -0.39 is 18.9 Å². The van der Waals surface area contributed by atoms with E-state index in [1.54, 1.807) is 6.07 Å². The Morgan fingerprint density at radius 3 is 2.62 bits per heavy atom. The second kappa shape index (κ2) is 4.98. The molecule has 0 aliphatic heterocycles.